The fraction of sp³-hybridized carbons (Fsp3) is 0.259. The summed E-state index contributed by atoms with van der Waals surface area (Å²) in [6.07, 6.45) is 1.47. The van der Waals surface area contributed by atoms with Gasteiger partial charge >= 0.3 is 16.3 Å². The maximum Gasteiger partial charge on any atom is 0.410 e. The van der Waals surface area contributed by atoms with Gasteiger partial charge in [0, 0.05) is 31.1 Å². The third kappa shape index (κ3) is 6.53. The summed E-state index contributed by atoms with van der Waals surface area (Å²) < 4.78 is 60.2. The first kappa shape index (κ1) is 28.6. The Morgan fingerprint density at radius 2 is 1.95 bits per heavy atom. The van der Waals surface area contributed by atoms with Gasteiger partial charge in [0.25, 0.3) is 0 Å². The van der Waals surface area contributed by atoms with E-state index in [1.165, 1.54) is 24.4 Å². The number of nitrogens with one attached hydrogen (secondary N) is 3. The number of piperidine rings is 1. The van der Waals surface area contributed by atoms with Crippen LogP contribution < -0.4 is 15.4 Å². The number of benzene rings is 2. The van der Waals surface area contributed by atoms with Gasteiger partial charge in [-0.25, -0.2) is 33.2 Å². The first-order chi connectivity index (χ1) is 19.6. The van der Waals surface area contributed by atoms with Gasteiger partial charge in [0.05, 0.1) is 33.7 Å². The second-order valence-electron chi connectivity index (χ2n) is 9.36. The smallest absolute Gasteiger partial charge is 0.350 e. The van der Waals surface area contributed by atoms with Crippen molar-refractivity contribution >= 4 is 50.5 Å². The van der Waals surface area contributed by atoms with Gasteiger partial charge in [0.1, 0.15) is 11.7 Å². The van der Waals surface area contributed by atoms with Crippen molar-refractivity contribution in [3.8, 4) is 11.3 Å². The molecule has 14 heteroatoms. The molecule has 4 aromatic rings. The standard InChI is InChI=1S/C27H25ClF2N6O4S/c1-2-15-10-21(34-22-14-32-27(35-25(15)22)33-18-11-17(29)12-31-13-18)19-8-9-20(24(30)23(19)28)36-41(38,39)40-26(37)16-6-4-3-5-7-16/h3-10,14,17-18,31,36H,2,11-13H2,1H3,(H,32,33,35)/t17-,18-/m0/s1. The zero-order valence-corrected chi connectivity index (χ0v) is 23.3. The molecule has 41 heavy (non-hydrogen) atoms. The summed E-state index contributed by atoms with van der Waals surface area (Å²) in [7, 11) is -4.72. The molecule has 0 aliphatic carbocycles. The van der Waals surface area contributed by atoms with E-state index >= 15 is 4.39 Å². The topological polar surface area (TPSA) is 135 Å². The van der Waals surface area contributed by atoms with Crippen LogP contribution in [-0.4, -0.2) is 54.6 Å². The third-order valence-corrected chi connectivity index (χ3v) is 7.63. The minimum absolute atomic E-state index is 0.00658. The van der Waals surface area contributed by atoms with E-state index in [0.717, 1.165) is 11.6 Å². The Morgan fingerprint density at radius 3 is 2.68 bits per heavy atom. The molecule has 0 radical (unpaired) electrons. The van der Waals surface area contributed by atoms with Gasteiger partial charge in [-0.1, -0.05) is 36.7 Å². The highest BCUT2D eigenvalue weighted by molar-refractivity contribution is 7.88. The second-order valence-corrected chi connectivity index (χ2v) is 11.0. The highest BCUT2D eigenvalue weighted by atomic mass is 35.5. The molecule has 3 N–H and O–H groups in total. The molecule has 0 spiro atoms. The normalized spacial score (nSPS) is 17.3. The number of alkyl halides is 1. The van der Waals surface area contributed by atoms with E-state index in [-0.39, 0.29) is 17.2 Å². The molecule has 1 saturated heterocycles. The van der Waals surface area contributed by atoms with Crippen LogP contribution in [0.5, 0.6) is 0 Å². The number of aromatic nitrogens is 3. The van der Waals surface area contributed by atoms with E-state index in [4.69, 9.17) is 11.6 Å². The summed E-state index contributed by atoms with van der Waals surface area (Å²) in [4.78, 5) is 25.6. The fourth-order valence-corrected chi connectivity index (χ4v) is 5.48. The number of halogens is 3. The van der Waals surface area contributed by atoms with Crippen molar-refractivity contribution < 1.29 is 26.2 Å². The summed E-state index contributed by atoms with van der Waals surface area (Å²) >= 11 is 6.32. The Labute approximate surface area is 239 Å². The summed E-state index contributed by atoms with van der Waals surface area (Å²) in [6.45, 7) is 2.83. The zero-order chi connectivity index (χ0) is 29.1. The summed E-state index contributed by atoms with van der Waals surface area (Å²) in [6, 6.07) is 11.6. The molecule has 5 rings (SSSR count). The quantitative estimate of drug-likeness (QED) is 0.263. The number of hydrogen-bond acceptors (Lipinski definition) is 9. The number of nitrogens with zero attached hydrogens (tertiary/aromatic N) is 3. The van der Waals surface area contributed by atoms with E-state index in [1.54, 1.807) is 24.3 Å². The van der Waals surface area contributed by atoms with E-state index < -0.39 is 39.0 Å². The molecule has 0 unspecified atom stereocenters. The Hall–Kier alpha value is -3.94. The number of pyridine rings is 1. The van der Waals surface area contributed by atoms with Gasteiger partial charge in [-0.05, 0) is 42.3 Å². The van der Waals surface area contributed by atoms with Crippen LogP contribution in [-0.2, 0) is 20.9 Å². The number of aryl methyl sites for hydroxylation is 1. The number of carbonyl (C=O) groups excluding carboxylic acids is 1. The molecular weight excluding hydrogens is 578 g/mol. The van der Waals surface area contributed by atoms with Crippen LogP contribution in [0, 0.1) is 5.82 Å². The largest absolute Gasteiger partial charge is 0.410 e. The number of anilines is 2. The first-order valence-electron chi connectivity index (χ1n) is 12.7. The maximum absolute atomic E-state index is 15.2. The molecule has 0 saturated carbocycles. The van der Waals surface area contributed by atoms with Crippen LogP contribution in [0.3, 0.4) is 0 Å². The maximum atomic E-state index is 15.2. The lowest BCUT2D eigenvalue weighted by molar-refractivity contribution is 0.0748. The summed E-state index contributed by atoms with van der Waals surface area (Å²) in [5.74, 6) is -1.86. The van der Waals surface area contributed by atoms with Crippen LogP contribution in [0.2, 0.25) is 5.02 Å². The van der Waals surface area contributed by atoms with E-state index in [0.29, 0.717) is 48.6 Å². The van der Waals surface area contributed by atoms with Crippen molar-refractivity contribution in [1.82, 2.24) is 20.3 Å². The fourth-order valence-electron chi connectivity index (χ4n) is 4.45. The van der Waals surface area contributed by atoms with Crippen LogP contribution in [0.1, 0.15) is 29.3 Å². The molecule has 1 aliphatic heterocycles. The highest BCUT2D eigenvalue weighted by Crippen LogP contribution is 2.35. The molecule has 2 atom stereocenters. The number of fused-ring (bicyclic) bond motifs is 1. The Balaban J connectivity index is 1.39. The molecule has 0 amide bonds. The Bertz CT molecular complexity index is 1710. The summed E-state index contributed by atoms with van der Waals surface area (Å²) in [5, 5.41) is 5.79. The molecule has 0 bridgehead atoms. The third-order valence-electron chi connectivity index (χ3n) is 6.42. The average molecular weight is 603 g/mol. The summed E-state index contributed by atoms with van der Waals surface area (Å²) in [5.41, 5.74) is 1.82. The lowest BCUT2D eigenvalue weighted by Crippen LogP contribution is -2.44. The monoisotopic (exact) mass is 602 g/mol. The molecule has 214 valence electrons. The molecule has 1 fully saturated rings. The Kier molecular flexibility index (Phi) is 8.29. The molecule has 1 aliphatic rings. The molecule has 10 nitrogen and oxygen atoms in total. The van der Waals surface area contributed by atoms with Crippen molar-refractivity contribution in [2.24, 2.45) is 0 Å². The van der Waals surface area contributed by atoms with Crippen molar-refractivity contribution in [2.45, 2.75) is 32.0 Å². The van der Waals surface area contributed by atoms with Crippen molar-refractivity contribution in [3.63, 3.8) is 0 Å². The molecule has 3 heterocycles. The van der Waals surface area contributed by atoms with Gasteiger partial charge < -0.3 is 14.8 Å². The van der Waals surface area contributed by atoms with Crippen LogP contribution in [0.4, 0.5) is 20.4 Å². The number of hydrogen-bond donors (Lipinski definition) is 3. The molecular formula is C27H25ClF2N6O4S. The van der Waals surface area contributed by atoms with Crippen LogP contribution >= 0.6 is 11.6 Å². The van der Waals surface area contributed by atoms with Gasteiger partial charge in [0.15, 0.2) is 5.82 Å². The lowest BCUT2D eigenvalue weighted by atomic mass is 10.1. The predicted molar refractivity (Wildman–Crippen MR) is 151 cm³/mol. The van der Waals surface area contributed by atoms with E-state index in [9.17, 15) is 17.6 Å². The SMILES string of the molecule is CCc1cc(-c2ccc(NS(=O)(=O)OC(=O)c3ccccc3)c(F)c2Cl)nc2cnc(N[C@@H]3CNC[C@@H](F)C3)nc12. The molecule has 2 aromatic heterocycles. The minimum atomic E-state index is -4.72. The van der Waals surface area contributed by atoms with E-state index in [1.807, 2.05) is 11.6 Å². The average Bonchev–Trinajstić information content (AvgIpc) is 2.95. The highest BCUT2D eigenvalue weighted by Gasteiger charge is 2.24. The van der Waals surface area contributed by atoms with Crippen molar-refractivity contribution in [1.29, 1.82) is 0 Å². The predicted octanol–water partition coefficient (Wildman–Crippen LogP) is 4.67. The van der Waals surface area contributed by atoms with Crippen molar-refractivity contribution in [2.75, 3.05) is 23.1 Å². The Morgan fingerprint density at radius 1 is 1.17 bits per heavy atom. The zero-order valence-electron chi connectivity index (χ0n) is 21.7. The van der Waals surface area contributed by atoms with Gasteiger partial charge in [-0.3, -0.25) is 0 Å². The van der Waals surface area contributed by atoms with Gasteiger partial charge in [-0.2, -0.15) is 8.42 Å². The number of carbonyl (C=O) groups is 1. The number of rotatable bonds is 8. The molecule has 2 aromatic carbocycles. The van der Waals surface area contributed by atoms with Crippen molar-refractivity contribution in [3.05, 3.63) is 76.7 Å². The van der Waals surface area contributed by atoms with Gasteiger partial charge in [0.2, 0.25) is 5.95 Å². The first-order valence-corrected chi connectivity index (χ1v) is 14.5. The minimum Gasteiger partial charge on any atom is -0.350 e. The second kappa shape index (κ2) is 11.9. The van der Waals surface area contributed by atoms with Crippen LogP contribution in [0.15, 0.2) is 54.7 Å². The van der Waals surface area contributed by atoms with E-state index in [2.05, 4.69) is 29.8 Å². The lowest BCUT2D eigenvalue weighted by Gasteiger charge is -2.26. The van der Waals surface area contributed by atoms with Crippen LogP contribution in [0.25, 0.3) is 22.3 Å². The van der Waals surface area contributed by atoms with Gasteiger partial charge in [-0.15, -0.1) is 0 Å².